The van der Waals surface area contributed by atoms with Crippen molar-refractivity contribution in [3.63, 3.8) is 0 Å². The molecule has 12 heteroatoms. The molecule has 4 heterocycles. The number of thioether (sulfide) groups is 1. The smallest absolute Gasteiger partial charge is 0.308 e. The van der Waals surface area contributed by atoms with Crippen molar-refractivity contribution < 1.29 is 18.8 Å². The van der Waals surface area contributed by atoms with Crippen molar-refractivity contribution >= 4 is 63.8 Å². The Balaban J connectivity index is 1.39. The summed E-state index contributed by atoms with van der Waals surface area (Å²) in [6.07, 6.45) is 3.21. The molecule has 2 unspecified atom stereocenters. The second-order valence-corrected chi connectivity index (χ2v) is 11.6. The Morgan fingerprint density at radius 3 is 2.46 bits per heavy atom. The van der Waals surface area contributed by atoms with Crippen LogP contribution in [0.3, 0.4) is 0 Å². The van der Waals surface area contributed by atoms with Crippen LogP contribution in [-0.2, 0) is 20.9 Å². The van der Waals surface area contributed by atoms with Crippen molar-refractivity contribution in [1.29, 1.82) is 0 Å². The quantitative estimate of drug-likeness (QED) is 0.348. The van der Waals surface area contributed by atoms with Crippen LogP contribution < -0.4 is 15.1 Å². The molecule has 0 radical (unpaired) electrons. The lowest BCUT2D eigenvalue weighted by molar-refractivity contribution is -0.122. The number of carbonyl (C=O) groups excluding carboxylic acids is 3. The zero-order chi connectivity index (χ0) is 27.3. The standard InChI is InChI=1S/C27H18ClFN4O4S2/c28-15-3-7-17(8-4-15)31-19(34)13-32-26-23(39-27(32)37)20(14-2-1-11-30-12-14)21-22(38-26)25(36)33(24(21)35)18-9-5-16(29)6-10-18/h1-12,20-22H,13H2,(H,31,34)/t20-,21?,22?/m1/s1. The van der Waals surface area contributed by atoms with E-state index in [9.17, 15) is 23.6 Å². The summed E-state index contributed by atoms with van der Waals surface area (Å²) in [6, 6.07) is 15.3. The van der Waals surface area contributed by atoms with E-state index in [0.29, 0.717) is 26.2 Å². The van der Waals surface area contributed by atoms with Crippen LogP contribution in [0, 0.1) is 11.7 Å². The number of anilines is 2. The summed E-state index contributed by atoms with van der Waals surface area (Å²) in [4.78, 5) is 58.9. The van der Waals surface area contributed by atoms with E-state index in [2.05, 4.69) is 10.3 Å². The summed E-state index contributed by atoms with van der Waals surface area (Å²) in [5.74, 6) is -3.24. The predicted molar refractivity (Wildman–Crippen MR) is 147 cm³/mol. The highest BCUT2D eigenvalue weighted by Crippen LogP contribution is 2.53. The number of amides is 3. The van der Waals surface area contributed by atoms with Crippen LogP contribution in [0.5, 0.6) is 0 Å². The lowest BCUT2D eigenvalue weighted by atomic mass is 9.84. The Bertz CT molecular complexity index is 1660. The SMILES string of the molecule is O=C(Cn1c2c(sc1=O)[C@H](c1cccnc1)C1C(=O)N(c3ccc(F)cc3)C(=O)C1S2)Nc1ccc(Cl)cc1. The van der Waals surface area contributed by atoms with Gasteiger partial charge in [0.25, 0.3) is 0 Å². The summed E-state index contributed by atoms with van der Waals surface area (Å²) < 4.78 is 14.9. The van der Waals surface area contributed by atoms with Gasteiger partial charge in [0.15, 0.2) is 0 Å². The van der Waals surface area contributed by atoms with E-state index in [1.54, 1.807) is 48.8 Å². The average Bonchev–Trinajstić information content (AvgIpc) is 3.37. The van der Waals surface area contributed by atoms with Crippen molar-refractivity contribution in [2.24, 2.45) is 5.92 Å². The van der Waals surface area contributed by atoms with Gasteiger partial charge in [0.05, 0.1) is 16.6 Å². The molecule has 0 aliphatic carbocycles. The van der Waals surface area contributed by atoms with Gasteiger partial charge >= 0.3 is 4.87 Å². The topological polar surface area (TPSA) is 101 Å². The first kappa shape index (κ1) is 25.5. The number of nitrogens with zero attached hydrogens (tertiary/aromatic N) is 3. The molecule has 3 amide bonds. The van der Waals surface area contributed by atoms with Gasteiger partial charge in [-0.2, -0.15) is 0 Å². The van der Waals surface area contributed by atoms with Crippen LogP contribution in [0.15, 0.2) is 82.9 Å². The van der Waals surface area contributed by atoms with Gasteiger partial charge < -0.3 is 5.32 Å². The van der Waals surface area contributed by atoms with Crippen molar-refractivity contribution in [3.05, 3.63) is 104 Å². The van der Waals surface area contributed by atoms with Crippen LogP contribution in [-0.4, -0.2) is 32.5 Å². The fourth-order valence-electron chi connectivity index (χ4n) is 4.90. The number of nitrogens with one attached hydrogen (secondary N) is 1. The maximum absolute atomic E-state index is 13.7. The molecule has 39 heavy (non-hydrogen) atoms. The second kappa shape index (κ2) is 10.1. The fraction of sp³-hybridized carbons (Fsp3) is 0.148. The Labute approximate surface area is 234 Å². The van der Waals surface area contributed by atoms with Gasteiger partial charge in [-0.3, -0.25) is 28.7 Å². The van der Waals surface area contributed by atoms with Crippen molar-refractivity contribution in [2.45, 2.75) is 22.7 Å². The maximum atomic E-state index is 13.7. The van der Waals surface area contributed by atoms with E-state index in [4.69, 9.17) is 11.6 Å². The highest BCUT2D eigenvalue weighted by molar-refractivity contribution is 8.00. The highest BCUT2D eigenvalue weighted by atomic mass is 35.5. The molecule has 196 valence electrons. The number of hydrogen-bond donors (Lipinski definition) is 1. The summed E-state index contributed by atoms with van der Waals surface area (Å²) in [5.41, 5.74) is 1.47. The van der Waals surface area contributed by atoms with Crippen molar-refractivity contribution in [2.75, 3.05) is 10.2 Å². The zero-order valence-corrected chi connectivity index (χ0v) is 22.3. The minimum absolute atomic E-state index is 0.273. The summed E-state index contributed by atoms with van der Waals surface area (Å²) in [5, 5.41) is 2.89. The number of rotatable bonds is 5. The third-order valence-electron chi connectivity index (χ3n) is 6.61. The van der Waals surface area contributed by atoms with Gasteiger partial charge in [0.1, 0.15) is 17.6 Å². The Kier molecular flexibility index (Phi) is 6.57. The molecule has 1 N–H and O–H groups in total. The molecule has 2 aliphatic heterocycles. The summed E-state index contributed by atoms with van der Waals surface area (Å²) in [6.45, 7) is -0.277. The van der Waals surface area contributed by atoms with Gasteiger partial charge in [0.2, 0.25) is 17.7 Å². The molecule has 0 spiro atoms. The zero-order valence-electron chi connectivity index (χ0n) is 19.9. The molecule has 8 nitrogen and oxygen atoms in total. The van der Waals surface area contributed by atoms with Gasteiger partial charge in [-0.1, -0.05) is 40.8 Å². The van der Waals surface area contributed by atoms with Crippen LogP contribution in [0.2, 0.25) is 5.02 Å². The monoisotopic (exact) mass is 580 g/mol. The number of aromatic nitrogens is 2. The minimum Gasteiger partial charge on any atom is -0.325 e. The van der Waals surface area contributed by atoms with E-state index in [1.165, 1.54) is 28.8 Å². The first-order chi connectivity index (χ1) is 18.8. The molecule has 2 aromatic heterocycles. The number of thiazole rings is 1. The van der Waals surface area contributed by atoms with Crippen LogP contribution in [0.25, 0.3) is 0 Å². The Morgan fingerprint density at radius 1 is 1.03 bits per heavy atom. The number of hydrogen-bond acceptors (Lipinski definition) is 7. The second-order valence-electron chi connectivity index (χ2n) is 9.00. The van der Waals surface area contributed by atoms with Gasteiger partial charge in [-0.25, -0.2) is 9.29 Å². The predicted octanol–water partition coefficient (Wildman–Crippen LogP) is 4.53. The highest BCUT2D eigenvalue weighted by Gasteiger charge is 2.56. The molecule has 3 atom stereocenters. The fourth-order valence-corrected chi connectivity index (χ4v) is 7.80. The van der Waals surface area contributed by atoms with Crippen LogP contribution in [0.4, 0.5) is 15.8 Å². The minimum atomic E-state index is -0.847. The van der Waals surface area contributed by atoms with Gasteiger partial charge in [0, 0.05) is 33.9 Å². The van der Waals surface area contributed by atoms with E-state index in [0.717, 1.165) is 28.0 Å². The number of pyridine rings is 1. The molecule has 2 aliphatic rings. The first-order valence-corrected chi connectivity index (χ1v) is 13.9. The van der Waals surface area contributed by atoms with Crippen molar-refractivity contribution in [3.8, 4) is 0 Å². The summed E-state index contributed by atoms with van der Waals surface area (Å²) in [7, 11) is 0. The molecule has 0 bridgehead atoms. The molecular formula is C27H18ClFN4O4S2. The molecule has 6 rings (SSSR count). The van der Waals surface area contributed by atoms with Gasteiger partial charge in [-0.15, -0.1) is 0 Å². The first-order valence-electron chi connectivity index (χ1n) is 11.8. The largest absolute Gasteiger partial charge is 0.325 e. The molecule has 0 saturated carbocycles. The lowest BCUT2D eigenvalue weighted by Crippen LogP contribution is -2.33. The molecule has 1 fully saturated rings. The van der Waals surface area contributed by atoms with E-state index in [-0.39, 0.29) is 17.1 Å². The number of carbonyl (C=O) groups is 3. The third kappa shape index (κ3) is 4.56. The maximum Gasteiger partial charge on any atom is 0.308 e. The van der Waals surface area contributed by atoms with E-state index < -0.39 is 40.6 Å². The number of imide groups is 1. The molecule has 2 aromatic carbocycles. The molecule has 4 aromatic rings. The Morgan fingerprint density at radius 2 is 1.77 bits per heavy atom. The van der Waals surface area contributed by atoms with Crippen LogP contribution in [0.1, 0.15) is 16.4 Å². The number of fused-ring (bicyclic) bond motifs is 2. The van der Waals surface area contributed by atoms with E-state index in [1.807, 2.05) is 0 Å². The van der Waals surface area contributed by atoms with Crippen LogP contribution >= 0.6 is 34.7 Å². The van der Waals surface area contributed by atoms with Crippen molar-refractivity contribution in [1.82, 2.24) is 9.55 Å². The number of benzene rings is 2. The molecular weight excluding hydrogens is 563 g/mol. The summed E-state index contributed by atoms with van der Waals surface area (Å²) >= 11 is 7.97. The average molecular weight is 581 g/mol. The lowest BCUT2D eigenvalue weighted by Gasteiger charge is -2.30. The third-order valence-corrected chi connectivity index (χ3v) is 9.46. The Hall–Kier alpha value is -3.80. The van der Waals surface area contributed by atoms with Gasteiger partial charge in [-0.05, 0) is 60.2 Å². The normalized spacial score (nSPS) is 20.1. The number of halogens is 2. The van der Waals surface area contributed by atoms with E-state index >= 15 is 0 Å². The molecule has 1 saturated heterocycles.